The van der Waals surface area contributed by atoms with Gasteiger partial charge in [-0.15, -0.1) is 0 Å². The quantitative estimate of drug-likeness (QED) is 0.793. The monoisotopic (exact) mass is 286 g/mol. The van der Waals surface area contributed by atoms with Gasteiger partial charge in [-0.05, 0) is 12.1 Å². The molecular weight excluding hydrogens is 276 g/mol. The van der Waals surface area contributed by atoms with E-state index in [1.165, 1.54) is 0 Å². The number of hydrogen-bond acceptors (Lipinski definition) is 3. The largest absolute Gasteiger partial charge is 0.496 e. The first-order valence-electron chi connectivity index (χ1n) is 4.70. The highest BCUT2D eigenvalue weighted by atomic mass is 79.9. The first-order chi connectivity index (χ1) is 7.24. The molecule has 0 bridgehead atoms. The van der Waals surface area contributed by atoms with Gasteiger partial charge in [-0.3, -0.25) is 4.79 Å². The van der Waals surface area contributed by atoms with Gasteiger partial charge in [0.2, 0.25) is 0 Å². The maximum absolute atomic E-state index is 11.9. The van der Waals surface area contributed by atoms with Crippen LogP contribution < -0.4 is 4.74 Å². The highest BCUT2D eigenvalue weighted by Gasteiger charge is 2.21. The molecule has 2 nitrogen and oxygen atoms in total. The molecule has 1 aromatic rings. The molecule has 1 heterocycles. The van der Waals surface area contributed by atoms with Gasteiger partial charge in [0.1, 0.15) is 5.75 Å². The summed E-state index contributed by atoms with van der Waals surface area (Å²) in [5.74, 6) is 2.77. The van der Waals surface area contributed by atoms with Crippen LogP contribution >= 0.6 is 27.7 Å². The number of hydrogen-bond donors (Lipinski definition) is 0. The van der Waals surface area contributed by atoms with Crippen molar-refractivity contribution in [3.05, 3.63) is 27.7 Å². The van der Waals surface area contributed by atoms with Gasteiger partial charge in [0, 0.05) is 33.5 Å². The van der Waals surface area contributed by atoms with Gasteiger partial charge in [0.15, 0.2) is 5.78 Å². The third-order valence-corrected chi connectivity index (χ3v) is 4.08. The second kappa shape index (κ2) is 4.58. The van der Waals surface area contributed by atoms with Crippen molar-refractivity contribution >= 4 is 33.5 Å². The number of ether oxygens (including phenoxy) is 1. The van der Waals surface area contributed by atoms with Crippen LogP contribution in [0.4, 0.5) is 0 Å². The van der Waals surface area contributed by atoms with Gasteiger partial charge in [-0.1, -0.05) is 15.9 Å². The zero-order chi connectivity index (χ0) is 10.8. The number of ketones is 1. The zero-order valence-electron chi connectivity index (χ0n) is 8.38. The number of rotatable bonds is 1. The van der Waals surface area contributed by atoms with Gasteiger partial charge < -0.3 is 4.74 Å². The summed E-state index contributed by atoms with van der Waals surface area (Å²) < 4.78 is 6.17. The summed E-state index contributed by atoms with van der Waals surface area (Å²) in [5.41, 5.74) is 1.83. The van der Waals surface area contributed by atoms with E-state index in [2.05, 4.69) is 15.9 Å². The Morgan fingerprint density at radius 3 is 3.00 bits per heavy atom. The van der Waals surface area contributed by atoms with E-state index in [0.29, 0.717) is 6.42 Å². The first kappa shape index (κ1) is 11.0. The van der Waals surface area contributed by atoms with Crippen molar-refractivity contribution in [2.24, 2.45) is 0 Å². The molecule has 0 unspecified atom stereocenters. The molecule has 0 saturated carbocycles. The van der Waals surface area contributed by atoms with E-state index in [0.717, 1.165) is 32.9 Å². The lowest BCUT2D eigenvalue weighted by atomic mass is 10.0. The minimum atomic E-state index is 0.209. The van der Waals surface area contributed by atoms with Gasteiger partial charge in [0.05, 0.1) is 7.11 Å². The standard InChI is InChI=1S/C11H11BrO2S/c1-14-10-3-2-8(12)11-7(10)6-15-5-4-9(11)13/h2-3H,4-6H2,1H3. The molecule has 0 amide bonds. The van der Waals surface area contributed by atoms with Gasteiger partial charge in [-0.25, -0.2) is 0 Å². The minimum Gasteiger partial charge on any atom is -0.496 e. The summed E-state index contributed by atoms with van der Waals surface area (Å²) in [6.45, 7) is 0. The van der Waals surface area contributed by atoms with Crippen molar-refractivity contribution < 1.29 is 9.53 Å². The van der Waals surface area contributed by atoms with Crippen molar-refractivity contribution in [3.8, 4) is 5.75 Å². The van der Waals surface area contributed by atoms with Gasteiger partial charge >= 0.3 is 0 Å². The predicted molar refractivity (Wildman–Crippen MR) is 65.8 cm³/mol. The third kappa shape index (κ3) is 2.06. The number of carbonyl (C=O) groups excluding carboxylic acids is 1. The van der Waals surface area contributed by atoms with Crippen molar-refractivity contribution in [2.45, 2.75) is 12.2 Å². The maximum Gasteiger partial charge on any atom is 0.165 e. The predicted octanol–water partition coefficient (Wildman–Crippen LogP) is 3.28. The summed E-state index contributed by atoms with van der Waals surface area (Å²) in [4.78, 5) is 11.9. The highest BCUT2D eigenvalue weighted by Crippen LogP contribution is 2.35. The summed E-state index contributed by atoms with van der Waals surface area (Å²) in [7, 11) is 1.64. The Kier molecular flexibility index (Phi) is 3.36. The molecule has 2 rings (SSSR count). The van der Waals surface area contributed by atoms with Crippen LogP contribution in [0.1, 0.15) is 22.3 Å². The minimum absolute atomic E-state index is 0.209. The van der Waals surface area contributed by atoms with E-state index in [4.69, 9.17) is 4.74 Å². The van der Waals surface area contributed by atoms with Crippen LogP contribution in [0.15, 0.2) is 16.6 Å². The molecule has 0 N–H and O–H groups in total. The average Bonchev–Trinajstić information content (AvgIpc) is 2.42. The highest BCUT2D eigenvalue weighted by molar-refractivity contribution is 9.10. The summed E-state index contributed by atoms with van der Waals surface area (Å²) in [6.07, 6.45) is 0.615. The fraction of sp³-hybridized carbons (Fsp3) is 0.364. The van der Waals surface area contributed by atoms with E-state index in [-0.39, 0.29) is 5.78 Å². The Morgan fingerprint density at radius 2 is 2.27 bits per heavy atom. The van der Waals surface area contributed by atoms with E-state index < -0.39 is 0 Å². The van der Waals surface area contributed by atoms with Crippen LogP contribution in [0.2, 0.25) is 0 Å². The number of fused-ring (bicyclic) bond motifs is 1. The average molecular weight is 287 g/mol. The fourth-order valence-corrected chi connectivity index (χ4v) is 3.26. The molecule has 1 aliphatic rings. The zero-order valence-corrected chi connectivity index (χ0v) is 10.8. The molecule has 1 aliphatic heterocycles. The van der Waals surface area contributed by atoms with Crippen LogP contribution in [0, 0.1) is 0 Å². The lowest BCUT2D eigenvalue weighted by molar-refractivity contribution is 0.0988. The van der Waals surface area contributed by atoms with Crippen LogP contribution in [0.25, 0.3) is 0 Å². The molecule has 0 atom stereocenters. The topological polar surface area (TPSA) is 26.3 Å². The molecule has 0 saturated heterocycles. The van der Waals surface area contributed by atoms with Crippen LogP contribution in [-0.2, 0) is 5.75 Å². The second-order valence-corrected chi connectivity index (χ2v) is 5.29. The van der Waals surface area contributed by atoms with Crippen molar-refractivity contribution in [3.63, 3.8) is 0 Å². The van der Waals surface area contributed by atoms with Gasteiger partial charge in [-0.2, -0.15) is 11.8 Å². The second-order valence-electron chi connectivity index (χ2n) is 3.33. The summed E-state index contributed by atoms with van der Waals surface area (Å²) in [5, 5.41) is 0. The van der Waals surface area contributed by atoms with Crippen molar-refractivity contribution in [1.29, 1.82) is 0 Å². The first-order valence-corrected chi connectivity index (χ1v) is 6.65. The van der Waals surface area contributed by atoms with Crippen LogP contribution in [0.3, 0.4) is 0 Å². The smallest absolute Gasteiger partial charge is 0.165 e. The SMILES string of the molecule is COc1ccc(Br)c2c1CSCCC2=O. The number of halogens is 1. The normalized spacial score (nSPS) is 15.7. The van der Waals surface area contributed by atoms with Crippen molar-refractivity contribution in [2.75, 3.05) is 12.9 Å². The molecular formula is C11H11BrO2S. The van der Waals surface area contributed by atoms with Crippen LogP contribution in [0.5, 0.6) is 5.75 Å². The molecule has 15 heavy (non-hydrogen) atoms. The van der Waals surface area contributed by atoms with Crippen LogP contribution in [-0.4, -0.2) is 18.6 Å². The number of methoxy groups -OCH3 is 1. The lowest BCUT2D eigenvalue weighted by Crippen LogP contribution is -2.04. The van der Waals surface area contributed by atoms with E-state index in [1.54, 1.807) is 18.9 Å². The molecule has 0 aromatic heterocycles. The molecule has 80 valence electrons. The number of benzene rings is 1. The maximum atomic E-state index is 11.9. The van der Waals surface area contributed by atoms with Crippen molar-refractivity contribution in [1.82, 2.24) is 0 Å². The Balaban J connectivity index is 2.60. The molecule has 1 aromatic carbocycles. The number of thioether (sulfide) groups is 1. The lowest BCUT2D eigenvalue weighted by Gasteiger charge is -2.11. The molecule has 0 fully saturated rings. The number of carbonyl (C=O) groups is 1. The van der Waals surface area contributed by atoms with E-state index in [9.17, 15) is 4.79 Å². The third-order valence-electron chi connectivity index (χ3n) is 2.44. The summed E-state index contributed by atoms with van der Waals surface area (Å²) in [6, 6.07) is 3.79. The molecule has 0 radical (unpaired) electrons. The summed E-state index contributed by atoms with van der Waals surface area (Å²) >= 11 is 5.21. The van der Waals surface area contributed by atoms with Gasteiger partial charge in [0.25, 0.3) is 0 Å². The Bertz CT molecular complexity index is 404. The van der Waals surface area contributed by atoms with E-state index >= 15 is 0 Å². The molecule has 0 aliphatic carbocycles. The molecule has 0 spiro atoms. The fourth-order valence-electron chi connectivity index (χ4n) is 1.70. The Labute approximate surface area is 102 Å². The molecule has 4 heteroatoms. The Hall–Kier alpha value is -0.480. The number of Topliss-reactive ketones (excluding diaryl/α,β-unsaturated/α-hetero) is 1. The Morgan fingerprint density at radius 1 is 1.47 bits per heavy atom. The van der Waals surface area contributed by atoms with E-state index in [1.807, 2.05) is 12.1 Å².